The Balaban J connectivity index is 2.62. The van der Waals surface area contributed by atoms with Gasteiger partial charge in [-0.25, -0.2) is 9.37 Å². The monoisotopic (exact) mass is 275 g/mol. The molecule has 0 spiro atoms. The van der Waals surface area contributed by atoms with Crippen LogP contribution in [0.5, 0.6) is 0 Å². The molecule has 0 radical (unpaired) electrons. The molecular weight excluding hydrogens is 261 g/mol. The standard InChI is InChI=1S/C14H14FN3O2/c1-3-16-13-7-6-12(18(19)20)14(17-13)11-5-4-10(15)8-9(11)2/h4-8H,3H2,1-2H3,(H,16,17). The van der Waals surface area contributed by atoms with Gasteiger partial charge >= 0.3 is 0 Å². The van der Waals surface area contributed by atoms with Gasteiger partial charge in [0.1, 0.15) is 11.6 Å². The first-order chi connectivity index (χ1) is 9.52. The molecule has 2 aromatic rings. The van der Waals surface area contributed by atoms with E-state index in [4.69, 9.17) is 0 Å². The summed E-state index contributed by atoms with van der Waals surface area (Å²) in [6.45, 7) is 4.27. The van der Waals surface area contributed by atoms with Crippen LogP contribution in [0.4, 0.5) is 15.9 Å². The van der Waals surface area contributed by atoms with Crippen molar-refractivity contribution < 1.29 is 9.31 Å². The van der Waals surface area contributed by atoms with E-state index in [0.29, 0.717) is 23.5 Å². The van der Waals surface area contributed by atoms with Crippen molar-refractivity contribution in [1.29, 1.82) is 0 Å². The zero-order chi connectivity index (χ0) is 14.7. The number of hydrogen-bond acceptors (Lipinski definition) is 4. The molecule has 0 aliphatic rings. The highest BCUT2D eigenvalue weighted by atomic mass is 19.1. The molecule has 2 rings (SSSR count). The quantitative estimate of drug-likeness (QED) is 0.684. The molecule has 1 heterocycles. The number of nitrogens with zero attached hydrogens (tertiary/aromatic N) is 2. The van der Waals surface area contributed by atoms with Gasteiger partial charge in [0.05, 0.1) is 4.92 Å². The van der Waals surface area contributed by atoms with Crippen molar-refractivity contribution in [2.24, 2.45) is 0 Å². The van der Waals surface area contributed by atoms with Gasteiger partial charge in [0.15, 0.2) is 5.69 Å². The van der Waals surface area contributed by atoms with Gasteiger partial charge in [0.2, 0.25) is 0 Å². The van der Waals surface area contributed by atoms with Crippen molar-refractivity contribution in [1.82, 2.24) is 4.98 Å². The second-order valence-electron chi connectivity index (χ2n) is 4.31. The summed E-state index contributed by atoms with van der Waals surface area (Å²) in [5.41, 5.74) is 1.31. The fraction of sp³-hybridized carbons (Fsp3) is 0.214. The fourth-order valence-corrected chi connectivity index (χ4v) is 1.97. The molecule has 20 heavy (non-hydrogen) atoms. The average Bonchev–Trinajstić information content (AvgIpc) is 2.38. The zero-order valence-corrected chi connectivity index (χ0v) is 11.2. The Morgan fingerprint density at radius 1 is 1.35 bits per heavy atom. The number of hydrogen-bond donors (Lipinski definition) is 1. The number of pyridine rings is 1. The summed E-state index contributed by atoms with van der Waals surface area (Å²) in [5.74, 6) is 0.175. The van der Waals surface area contributed by atoms with E-state index >= 15 is 0 Å². The van der Waals surface area contributed by atoms with Gasteiger partial charge in [-0.15, -0.1) is 0 Å². The van der Waals surface area contributed by atoms with Gasteiger partial charge in [-0.05, 0) is 43.7 Å². The first-order valence-corrected chi connectivity index (χ1v) is 6.18. The predicted molar refractivity (Wildman–Crippen MR) is 75.2 cm³/mol. The molecule has 0 saturated carbocycles. The third kappa shape index (κ3) is 2.74. The van der Waals surface area contributed by atoms with Crippen LogP contribution in [-0.2, 0) is 0 Å². The van der Waals surface area contributed by atoms with Crippen LogP contribution < -0.4 is 5.32 Å². The minimum absolute atomic E-state index is 0.0960. The van der Waals surface area contributed by atoms with Crippen molar-refractivity contribution >= 4 is 11.5 Å². The number of nitro groups is 1. The van der Waals surface area contributed by atoms with Crippen molar-refractivity contribution in [2.45, 2.75) is 13.8 Å². The van der Waals surface area contributed by atoms with E-state index in [1.54, 1.807) is 13.0 Å². The summed E-state index contributed by atoms with van der Waals surface area (Å²) in [6.07, 6.45) is 0. The number of aromatic nitrogens is 1. The summed E-state index contributed by atoms with van der Waals surface area (Å²) in [5, 5.41) is 14.1. The summed E-state index contributed by atoms with van der Waals surface area (Å²) in [7, 11) is 0. The lowest BCUT2D eigenvalue weighted by molar-refractivity contribution is -0.384. The molecule has 0 bridgehead atoms. The fourth-order valence-electron chi connectivity index (χ4n) is 1.97. The molecule has 0 amide bonds. The molecule has 0 saturated heterocycles. The van der Waals surface area contributed by atoms with E-state index in [0.717, 1.165) is 0 Å². The molecular formula is C14H14FN3O2. The SMILES string of the molecule is CCNc1ccc([N+](=O)[O-])c(-c2ccc(F)cc2C)n1. The van der Waals surface area contributed by atoms with Crippen LogP contribution in [0.3, 0.4) is 0 Å². The molecule has 104 valence electrons. The molecule has 6 heteroatoms. The topological polar surface area (TPSA) is 68.1 Å². The first-order valence-electron chi connectivity index (χ1n) is 6.18. The van der Waals surface area contributed by atoms with E-state index in [-0.39, 0.29) is 17.2 Å². The van der Waals surface area contributed by atoms with Crippen molar-refractivity contribution in [2.75, 3.05) is 11.9 Å². The number of nitrogens with one attached hydrogen (secondary N) is 1. The van der Waals surface area contributed by atoms with E-state index in [1.165, 1.54) is 24.3 Å². The highest BCUT2D eigenvalue weighted by molar-refractivity contribution is 5.73. The maximum Gasteiger partial charge on any atom is 0.295 e. The first kappa shape index (κ1) is 13.9. The van der Waals surface area contributed by atoms with Crippen molar-refractivity contribution in [3.05, 3.63) is 51.8 Å². The lowest BCUT2D eigenvalue weighted by atomic mass is 10.0. The molecule has 1 aromatic carbocycles. The van der Waals surface area contributed by atoms with E-state index in [1.807, 2.05) is 6.92 Å². The summed E-state index contributed by atoms with van der Waals surface area (Å²) in [6, 6.07) is 7.08. The summed E-state index contributed by atoms with van der Waals surface area (Å²) < 4.78 is 13.2. The lowest BCUT2D eigenvalue weighted by Gasteiger charge is -2.09. The van der Waals surface area contributed by atoms with Crippen LogP contribution in [0.15, 0.2) is 30.3 Å². The maximum atomic E-state index is 13.2. The Morgan fingerprint density at radius 3 is 2.70 bits per heavy atom. The highest BCUT2D eigenvalue weighted by Gasteiger charge is 2.19. The Hall–Kier alpha value is -2.50. The van der Waals surface area contributed by atoms with Crippen LogP contribution in [-0.4, -0.2) is 16.5 Å². The van der Waals surface area contributed by atoms with Crippen LogP contribution >= 0.6 is 0 Å². The van der Waals surface area contributed by atoms with Crippen molar-refractivity contribution in [3.63, 3.8) is 0 Å². The van der Waals surface area contributed by atoms with Crippen LogP contribution in [0.25, 0.3) is 11.3 Å². The Kier molecular flexibility index (Phi) is 3.93. The van der Waals surface area contributed by atoms with E-state index < -0.39 is 4.92 Å². The lowest BCUT2D eigenvalue weighted by Crippen LogP contribution is -2.03. The Labute approximate surface area is 115 Å². The highest BCUT2D eigenvalue weighted by Crippen LogP contribution is 2.31. The van der Waals surface area contributed by atoms with E-state index in [2.05, 4.69) is 10.3 Å². The molecule has 1 aromatic heterocycles. The molecule has 1 N–H and O–H groups in total. The number of halogens is 1. The average molecular weight is 275 g/mol. The third-order valence-corrected chi connectivity index (χ3v) is 2.87. The van der Waals surface area contributed by atoms with Gasteiger partial charge < -0.3 is 5.32 Å². The number of rotatable bonds is 4. The van der Waals surface area contributed by atoms with E-state index in [9.17, 15) is 14.5 Å². The van der Waals surface area contributed by atoms with Crippen molar-refractivity contribution in [3.8, 4) is 11.3 Å². The maximum absolute atomic E-state index is 13.2. The summed E-state index contributed by atoms with van der Waals surface area (Å²) in [4.78, 5) is 14.9. The second-order valence-corrected chi connectivity index (χ2v) is 4.31. The number of anilines is 1. The van der Waals surface area contributed by atoms with Gasteiger partial charge in [-0.1, -0.05) is 0 Å². The smallest absolute Gasteiger partial charge is 0.295 e. The minimum Gasteiger partial charge on any atom is -0.370 e. The van der Waals surface area contributed by atoms with Gasteiger partial charge in [-0.3, -0.25) is 10.1 Å². The zero-order valence-electron chi connectivity index (χ0n) is 11.2. The van der Waals surface area contributed by atoms with Gasteiger partial charge in [0, 0.05) is 18.2 Å². The predicted octanol–water partition coefficient (Wildman–Crippen LogP) is 3.54. The molecule has 5 nitrogen and oxygen atoms in total. The molecule has 0 aliphatic heterocycles. The third-order valence-electron chi connectivity index (χ3n) is 2.87. The Morgan fingerprint density at radius 2 is 2.10 bits per heavy atom. The number of aryl methyl sites for hydroxylation is 1. The molecule has 0 aliphatic carbocycles. The van der Waals surface area contributed by atoms with Crippen LogP contribution in [0.1, 0.15) is 12.5 Å². The molecule has 0 fully saturated rings. The second kappa shape index (κ2) is 5.64. The molecule has 0 unspecified atom stereocenters. The Bertz CT molecular complexity index is 659. The van der Waals surface area contributed by atoms with Gasteiger partial charge in [-0.2, -0.15) is 0 Å². The summed E-state index contributed by atoms with van der Waals surface area (Å²) >= 11 is 0. The largest absolute Gasteiger partial charge is 0.370 e. The van der Waals surface area contributed by atoms with Crippen LogP contribution in [0, 0.1) is 22.9 Å². The minimum atomic E-state index is -0.485. The molecule has 0 atom stereocenters. The van der Waals surface area contributed by atoms with Crippen LogP contribution in [0.2, 0.25) is 0 Å². The van der Waals surface area contributed by atoms with Gasteiger partial charge in [0.25, 0.3) is 5.69 Å². The number of benzene rings is 1. The normalized spacial score (nSPS) is 10.3.